The van der Waals surface area contributed by atoms with Gasteiger partial charge >= 0.3 is 0 Å². The summed E-state index contributed by atoms with van der Waals surface area (Å²) in [7, 11) is 2.08. The van der Waals surface area contributed by atoms with Gasteiger partial charge in [-0.05, 0) is 25.8 Å². The predicted octanol–water partition coefficient (Wildman–Crippen LogP) is 0.711. The molecule has 0 aromatic carbocycles. The molecule has 1 aliphatic carbocycles. The van der Waals surface area contributed by atoms with Crippen LogP contribution in [0.3, 0.4) is 0 Å². The molecule has 2 nitrogen and oxygen atoms in total. The molecule has 0 amide bonds. The van der Waals surface area contributed by atoms with Crippen molar-refractivity contribution in [1.29, 1.82) is 0 Å². The van der Waals surface area contributed by atoms with Crippen LogP contribution in [-0.2, 0) is 0 Å². The molecule has 2 heteroatoms. The Hall–Kier alpha value is -0.0800. The second-order valence-electron chi connectivity index (χ2n) is 3.28. The number of aliphatic hydroxyl groups is 1. The smallest absolute Gasteiger partial charge is 0.0558 e. The van der Waals surface area contributed by atoms with E-state index in [1.807, 2.05) is 0 Å². The fourth-order valence-electron chi connectivity index (χ4n) is 1.38. The molecule has 1 N–H and O–H groups in total. The van der Waals surface area contributed by atoms with Crippen molar-refractivity contribution in [3.63, 3.8) is 0 Å². The van der Waals surface area contributed by atoms with E-state index in [4.69, 9.17) is 5.11 Å². The van der Waals surface area contributed by atoms with Gasteiger partial charge in [-0.15, -0.1) is 0 Å². The average molecular weight is 143 g/mol. The van der Waals surface area contributed by atoms with Gasteiger partial charge < -0.3 is 10.0 Å². The Labute approximate surface area is 62.8 Å². The first kappa shape index (κ1) is 8.02. The Morgan fingerprint density at radius 1 is 1.50 bits per heavy atom. The van der Waals surface area contributed by atoms with Crippen LogP contribution in [0.5, 0.6) is 0 Å². The summed E-state index contributed by atoms with van der Waals surface area (Å²) in [5.74, 6) is 0.927. The fourth-order valence-corrected chi connectivity index (χ4v) is 1.38. The summed E-state index contributed by atoms with van der Waals surface area (Å²) in [4.78, 5) is 2.21. The molecule has 0 aliphatic heterocycles. The number of aliphatic hydroxyl groups excluding tert-OH is 1. The summed E-state index contributed by atoms with van der Waals surface area (Å²) >= 11 is 0. The van der Waals surface area contributed by atoms with Gasteiger partial charge in [-0.25, -0.2) is 0 Å². The van der Waals surface area contributed by atoms with Crippen molar-refractivity contribution >= 4 is 0 Å². The van der Waals surface area contributed by atoms with Crippen LogP contribution >= 0.6 is 0 Å². The third kappa shape index (κ3) is 2.27. The lowest BCUT2D eigenvalue weighted by Gasteiger charge is -2.29. The zero-order valence-electron chi connectivity index (χ0n) is 6.71. The standard InChI is InChI=1S/C8H17NO/c1-9(5-6-10)7-8-3-2-4-8/h8,10H,2-7H2,1H3. The summed E-state index contributed by atoms with van der Waals surface area (Å²) in [5.41, 5.74) is 0. The summed E-state index contributed by atoms with van der Waals surface area (Å²) in [5, 5.41) is 8.60. The molecule has 1 saturated carbocycles. The molecule has 0 aromatic rings. The van der Waals surface area contributed by atoms with Crippen molar-refractivity contribution in [1.82, 2.24) is 4.90 Å². The van der Waals surface area contributed by atoms with Crippen molar-refractivity contribution in [2.75, 3.05) is 26.7 Å². The van der Waals surface area contributed by atoms with Crippen LogP contribution in [0.25, 0.3) is 0 Å². The summed E-state index contributed by atoms with van der Waals surface area (Å²) < 4.78 is 0. The maximum Gasteiger partial charge on any atom is 0.0558 e. The molecule has 0 atom stereocenters. The molecule has 0 saturated heterocycles. The predicted molar refractivity (Wildman–Crippen MR) is 41.9 cm³/mol. The summed E-state index contributed by atoms with van der Waals surface area (Å²) in [6, 6.07) is 0. The lowest BCUT2D eigenvalue weighted by molar-refractivity contribution is 0.170. The zero-order valence-corrected chi connectivity index (χ0v) is 6.71. The molecule has 0 spiro atoms. The highest BCUT2D eigenvalue weighted by Gasteiger charge is 2.18. The Morgan fingerprint density at radius 2 is 2.20 bits per heavy atom. The number of likely N-dealkylation sites (N-methyl/N-ethyl adjacent to an activating group) is 1. The van der Waals surface area contributed by atoms with Crippen molar-refractivity contribution in [3.05, 3.63) is 0 Å². The van der Waals surface area contributed by atoms with Crippen LogP contribution in [0.15, 0.2) is 0 Å². The number of hydrogen-bond acceptors (Lipinski definition) is 2. The van der Waals surface area contributed by atoms with Crippen LogP contribution in [0.1, 0.15) is 19.3 Å². The number of hydrogen-bond donors (Lipinski definition) is 1. The van der Waals surface area contributed by atoms with E-state index in [2.05, 4.69) is 11.9 Å². The number of rotatable bonds is 4. The monoisotopic (exact) mass is 143 g/mol. The highest BCUT2D eigenvalue weighted by atomic mass is 16.3. The van der Waals surface area contributed by atoms with Gasteiger partial charge in [0, 0.05) is 13.1 Å². The van der Waals surface area contributed by atoms with Gasteiger partial charge in [-0.3, -0.25) is 0 Å². The Kier molecular flexibility index (Phi) is 3.16. The minimum Gasteiger partial charge on any atom is -0.395 e. The van der Waals surface area contributed by atoms with Gasteiger partial charge in [0.15, 0.2) is 0 Å². The topological polar surface area (TPSA) is 23.5 Å². The molecule has 0 bridgehead atoms. The maximum atomic E-state index is 8.60. The van der Waals surface area contributed by atoms with Gasteiger partial charge in [0.1, 0.15) is 0 Å². The molecule has 10 heavy (non-hydrogen) atoms. The van der Waals surface area contributed by atoms with E-state index in [1.54, 1.807) is 0 Å². The van der Waals surface area contributed by atoms with E-state index in [0.717, 1.165) is 12.5 Å². The van der Waals surface area contributed by atoms with Crippen LogP contribution < -0.4 is 0 Å². The molecule has 1 aliphatic rings. The minimum absolute atomic E-state index is 0.295. The van der Waals surface area contributed by atoms with E-state index in [0.29, 0.717) is 6.61 Å². The van der Waals surface area contributed by atoms with E-state index >= 15 is 0 Å². The van der Waals surface area contributed by atoms with E-state index in [1.165, 1.54) is 25.8 Å². The normalized spacial score (nSPS) is 19.5. The van der Waals surface area contributed by atoms with Crippen LogP contribution in [0.2, 0.25) is 0 Å². The molecular weight excluding hydrogens is 126 g/mol. The van der Waals surface area contributed by atoms with Gasteiger partial charge in [0.05, 0.1) is 6.61 Å². The fraction of sp³-hybridized carbons (Fsp3) is 1.00. The van der Waals surface area contributed by atoms with Crippen LogP contribution in [0.4, 0.5) is 0 Å². The second-order valence-corrected chi connectivity index (χ2v) is 3.28. The maximum absolute atomic E-state index is 8.60. The van der Waals surface area contributed by atoms with Crippen LogP contribution in [0, 0.1) is 5.92 Å². The molecule has 1 rings (SSSR count). The van der Waals surface area contributed by atoms with Crippen molar-refractivity contribution < 1.29 is 5.11 Å². The van der Waals surface area contributed by atoms with E-state index < -0.39 is 0 Å². The van der Waals surface area contributed by atoms with Gasteiger partial charge in [0.25, 0.3) is 0 Å². The Morgan fingerprint density at radius 3 is 2.60 bits per heavy atom. The van der Waals surface area contributed by atoms with E-state index in [-0.39, 0.29) is 0 Å². The first-order valence-corrected chi connectivity index (χ1v) is 4.12. The highest BCUT2D eigenvalue weighted by molar-refractivity contribution is 4.72. The molecule has 0 heterocycles. The van der Waals surface area contributed by atoms with Crippen molar-refractivity contribution in [3.8, 4) is 0 Å². The zero-order chi connectivity index (χ0) is 7.40. The molecule has 0 unspecified atom stereocenters. The second kappa shape index (κ2) is 3.94. The molecule has 0 aromatic heterocycles. The first-order chi connectivity index (χ1) is 4.83. The molecule has 1 fully saturated rings. The molecule has 0 radical (unpaired) electrons. The Balaban J connectivity index is 1.99. The van der Waals surface area contributed by atoms with Gasteiger partial charge in [-0.2, -0.15) is 0 Å². The van der Waals surface area contributed by atoms with Gasteiger partial charge in [-0.1, -0.05) is 6.42 Å². The average Bonchev–Trinajstić information content (AvgIpc) is 1.80. The first-order valence-electron chi connectivity index (χ1n) is 4.12. The molecule has 60 valence electrons. The number of nitrogens with zero attached hydrogens (tertiary/aromatic N) is 1. The molecular formula is C8H17NO. The SMILES string of the molecule is CN(CCO)CC1CCC1. The minimum atomic E-state index is 0.295. The summed E-state index contributed by atoms with van der Waals surface area (Å²) in [6.07, 6.45) is 4.21. The summed E-state index contributed by atoms with van der Waals surface area (Å²) in [6.45, 7) is 2.31. The lowest BCUT2D eigenvalue weighted by Crippen LogP contribution is -2.31. The van der Waals surface area contributed by atoms with Crippen LogP contribution in [-0.4, -0.2) is 36.8 Å². The van der Waals surface area contributed by atoms with Gasteiger partial charge in [0.2, 0.25) is 0 Å². The lowest BCUT2D eigenvalue weighted by atomic mass is 9.85. The largest absolute Gasteiger partial charge is 0.395 e. The van der Waals surface area contributed by atoms with E-state index in [9.17, 15) is 0 Å². The Bertz CT molecular complexity index is 91.3. The van der Waals surface area contributed by atoms with Crippen molar-refractivity contribution in [2.45, 2.75) is 19.3 Å². The highest BCUT2D eigenvalue weighted by Crippen LogP contribution is 2.26. The van der Waals surface area contributed by atoms with Crippen molar-refractivity contribution in [2.24, 2.45) is 5.92 Å². The third-order valence-electron chi connectivity index (χ3n) is 2.28. The quantitative estimate of drug-likeness (QED) is 0.626. The third-order valence-corrected chi connectivity index (χ3v) is 2.28.